The lowest BCUT2D eigenvalue weighted by Crippen LogP contribution is -2.11. The molecule has 1 amide bonds. The molecule has 0 bridgehead atoms. The van der Waals surface area contributed by atoms with Crippen LogP contribution in [0.4, 0.5) is 10.1 Å². The van der Waals surface area contributed by atoms with E-state index in [0.717, 1.165) is 5.01 Å². The molecule has 0 spiro atoms. The Balaban J connectivity index is 2.11. The number of hydrogen-bond acceptors (Lipinski definition) is 4. The molecule has 2 rings (SSSR count). The molecule has 6 heteroatoms. The van der Waals surface area contributed by atoms with E-state index in [4.69, 9.17) is 5.11 Å². The standard InChI is InChI=1S/C15H13FN2O2S/c1-10-17-9-14(21-10)15(20)18-13-6-5-11(8-12(13)16)4-2-3-7-19/h5-6,8-9,19H,3,7H2,1H3,(H,18,20). The first-order valence-corrected chi connectivity index (χ1v) is 7.05. The van der Waals surface area contributed by atoms with Crippen molar-refractivity contribution in [2.75, 3.05) is 11.9 Å². The number of thiazole rings is 1. The van der Waals surface area contributed by atoms with Crippen molar-refractivity contribution in [1.82, 2.24) is 4.98 Å². The zero-order valence-corrected chi connectivity index (χ0v) is 12.1. The van der Waals surface area contributed by atoms with E-state index in [9.17, 15) is 9.18 Å². The summed E-state index contributed by atoms with van der Waals surface area (Å²) in [5.74, 6) is 4.49. The van der Waals surface area contributed by atoms with Crippen LogP contribution in [0.25, 0.3) is 0 Å². The van der Waals surface area contributed by atoms with Gasteiger partial charge in [-0.1, -0.05) is 11.8 Å². The van der Waals surface area contributed by atoms with Crippen molar-refractivity contribution in [3.8, 4) is 11.8 Å². The van der Waals surface area contributed by atoms with Crippen LogP contribution in [0.5, 0.6) is 0 Å². The van der Waals surface area contributed by atoms with Crippen molar-refractivity contribution >= 4 is 22.9 Å². The minimum atomic E-state index is -0.555. The summed E-state index contributed by atoms with van der Waals surface area (Å²) >= 11 is 1.25. The number of nitrogens with one attached hydrogen (secondary N) is 1. The summed E-state index contributed by atoms with van der Waals surface area (Å²) in [6, 6.07) is 4.32. The fourth-order valence-electron chi connectivity index (χ4n) is 1.56. The van der Waals surface area contributed by atoms with Crippen LogP contribution in [0, 0.1) is 24.6 Å². The molecule has 1 aromatic carbocycles. The summed E-state index contributed by atoms with van der Waals surface area (Å²) in [6.45, 7) is 1.76. The van der Waals surface area contributed by atoms with E-state index < -0.39 is 11.7 Å². The van der Waals surface area contributed by atoms with Gasteiger partial charge in [-0.25, -0.2) is 9.37 Å². The topological polar surface area (TPSA) is 62.2 Å². The van der Waals surface area contributed by atoms with E-state index in [1.165, 1.54) is 29.7 Å². The lowest BCUT2D eigenvalue weighted by atomic mass is 10.2. The normalized spacial score (nSPS) is 9.86. The summed E-state index contributed by atoms with van der Waals surface area (Å²) in [7, 11) is 0. The fourth-order valence-corrected chi connectivity index (χ4v) is 2.24. The van der Waals surface area contributed by atoms with Gasteiger partial charge in [0, 0.05) is 12.0 Å². The number of benzene rings is 1. The van der Waals surface area contributed by atoms with Gasteiger partial charge in [0.25, 0.3) is 5.91 Å². The average molecular weight is 304 g/mol. The highest BCUT2D eigenvalue weighted by Crippen LogP contribution is 2.18. The predicted molar refractivity (Wildman–Crippen MR) is 79.8 cm³/mol. The Kier molecular flexibility index (Phi) is 5.04. The monoisotopic (exact) mass is 304 g/mol. The number of hydrogen-bond donors (Lipinski definition) is 2. The predicted octanol–water partition coefficient (Wildman–Crippen LogP) is 2.58. The van der Waals surface area contributed by atoms with Crippen LogP contribution in [0.2, 0.25) is 0 Å². The summed E-state index contributed by atoms with van der Waals surface area (Å²) < 4.78 is 13.9. The highest BCUT2D eigenvalue weighted by Gasteiger charge is 2.12. The van der Waals surface area contributed by atoms with Crippen LogP contribution in [0.15, 0.2) is 24.4 Å². The molecule has 0 fully saturated rings. The number of aryl methyl sites for hydroxylation is 1. The van der Waals surface area contributed by atoms with E-state index in [1.807, 2.05) is 0 Å². The molecule has 0 aliphatic heterocycles. The Bertz CT molecular complexity index is 716. The zero-order chi connectivity index (χ0) is 15.2. The van der Waals surface area contributed by atoms with Crippen molar-refractivity contribution < 1.29 is 14.3 Å². The van der Waals surface area contributed by atoms with Gasteiger partial charge in [-0.05, 0) is 25.1 Å². The number of halogens is 1. The number of aromatic nitrogens is 1. The molecular weight excluding hydrogens is 291 g/mol. The lowest BCUT2D eigenvalue weighted by Gasteiger charge is -2.05. The van der Waals surface area contributed by atoms with Crippen molar-refractivity contribution in [3.63, 3.8) is 0 Å². The van der Waals surface area contributed by atoms with Crippen LogP contribution in [-0.4, -0.2) is 22.6 Å². The molecule has 0 aliphatic rings. The number of aliphatic hydroxyl groups is 1. The van der Waals surface area contributed by atoms with Crippen LogP contribution in [0.1, 0.15) is 26.7 Å². The largest absolute Gasteiger partial charge is 0.395 e. The average Bonchev–Trinajstić information content (AvgIpc) is 2.89. The highest BCUT2D eigenvalue weighted by atomic mass is 32.1. The molecule has 0 unspecified atom stereocenters. The van der Waals surface area contributed by atoms with E-state index >= 15 is 0 Å². The molecule has 21 heavy (non-hydrogen) atoms. The highest BCUT2D eigenvalue weighted by molar-refractivity contribution is 7.13. The molecule has 1 heterocycles. The van der Waals surface area contributed by atoms with Gasteiger partial charge in [0.15, 0.2) is 0 Å². The second-order valence-electron chi connectivity index (χ2n) is 4.17. The summed E-state index contributed by atoms with van der Waals surface area (Å²) in [6.07, 6.45) is 1.80. The third-order valence-corrected chi connectivity index (χ3v) is 3.44. The third kappa shape index (κ3) is 4.12. The number of rotatable bonds is 3. The van der Waals surface area contributed by atoms with Crippen LogP contribution in [-0.2, 0) is 0 Å². The first-order chi connectivity index (χ1) is 10.1. The number of amides is 1. The van der Waals surface area contributed by atoms with E-state index in [2.05, 4.69) is 22.1 Å². The molecule has 2 N–H and O–H groups in total. The SMILES string of the molecule is Cc1ncc(C(=O)Nc2ccc(C#CCCO)cc2F)s1. The Hall–Kier alpha value is -2.23. The van der Waals surface area contributed by atoms with Gasteiger partial charge in [-0.3, -0.25) is 4.79 Å². The van der Waals surface area contributed by atoms with Crippen LogP contribution >= 0.6 is 11.3 Å². The third-order valence-electron chi connectivity index (χ3n) is 2.53. The molecule has 0 aliphatic carbocycles. The number of nitrogens with zero attached hydrogens (tertiary/aromatic N) is 1. The van der Waals surface area contributed by atoms with Gasteiger partial charge in [0.1, 0.15) is 10.7 Å². The van der Waals surface area contributed by atoms with Gasteiger partial charge < -0.3 is 10.4 Å². The molecule has 2 aromatic rings. The lowest BCUT2D eigenvalue weighted by molar-refractivity contribution is 0.103. The maximum absolute atomic E-state index is 13.9. The molecule has 1 aromatic heterocycles. The Morgan fingerprint density at radius 2 is 2.33 bits per heavy atom. The summed E-state index contributed by atoms with van der Waals surface area (Å²) in [4.78, 5) is 16.3. The van der Waals surface area contributed by atoms with Crippen molar-refractivity contribution in [2.24, 2.45) is 0 Å². The van der Waals surface area contributed by atoms with Crippen molar-refractivity contribution in [3.05, 3.63) is 45.7 Å². The fraction of sp³-hybridized carbons (Fsp3) is 0.200. The number of carbonyl (C=O) groups excluding carboxylic acids is 1. The van der Waals surface area contributed by atoms with E-state index in [1.54, 1.807) is 13.0 Å². The smallest absolute Gasteiger partial charge is 0.267 e. The maximum atomic E-state index is 13.9. The molecule has 0 radical (unpaired) electrons. The molecule has 4 nitrogen and oxygen atoms in total. The van der Waals surface area contributed by atoms with Crippen molar-refractivity contribution in [2.45, 2.75) is 13.3 Å². The Labute approximate surface area is 125 Å². The van der Waals surface area contributed by atoms with Crippen LogP contribution < -0.4 is 5.32 Å². The van der Waals surface area contributed by atoms with E-state index in [0.29, 0.717) is 16.9 Å². The Morgan fingerprint density at radius 1 is 1.52 bits per heavy atom. The van der Waals surface area contributed by atoms with Gasteiger partial charge in [0.2, 0.25) is 0 Å². The first kappa shape index (κ1) is 15.2. The number of aliphatic hydroxyl groups excluding tert-OH is 1. The quantitative estimate of drug-likeness (QED) is 0.857. The molecule has 0 saturated heterocycles. The minimum Gasteiger partial charge on any atom is -0.395 e. The van der Waals surface area contributed by atoms with Gasteiger partial charge in [-0.15, -0.1) is 11.3 Å². The second kappa shape index (κ2) is 6.97. The second-order valence-corrected chi connectivity index (χ2v) is 5.40. The zero-order valence-electron chi connectivity index (χ0n) is 11.3. The van der Waals surface area contributed by atoms with Gasteiger partial charge in [0.05, 0.1) is 23.5 Å². The maximum Gasteiger partial charge on any atom is 0.267 e. The Morgan fingerprint density at radius 3 is 2.95 bits per heavy atom. The first-order valence-electron chi connectivity index (χ1n) is 6.23. The summed E-state index contributed by atoms with van der Waals surface area (Å²) in [5.41, 5.74) is 0.589. The molecule has 0 atom stereocenters. The van der Waals surface area contributed by atoms with E-state index in [-0.39, 0.29) is 12.3 Å². The van der Waals surface area contributed by atoms with Gasteiger partial charge in [-0.2, -0.15) is 0 Å². The van der Waals surface area contributed by atoms with Crippen molar-refractivity contribution in [1.29, 1.82) is 0 Å². The molecule has 108 valence electrons. The number of anilines is 1. The number of carbonyl (C=O) groups is 1. The summed E-state index contributed by atoms with van der Waals surface area (Å²) in [5, 5.41) is 11.9. The molecule has 0 saturated carbocycles. The molecular formula is C15H13FN2O2S. The van der Waals surface area contributed by atoms with Gasteiger partial charge >= 0.3 is 0 Å². The minimum absolute atomic E-state index is 0.0299. The van der Waals surface area contributed by atoms with Crippen LogP contribution in [0.3, 0.4) is 0 Å².